The maximum atomic E-state index is 15.3. The number of aromatic hydroxyl groups is 1. The molecule has 0 radical (unpaired) electrons. The van der Waals surface area contributed by atoms with Crippen molar-refractivity contribution in [1.82, 2.24) is 41.4 Å². The summed E-state index contributed by atoms with van der Waals surface area (Å²) in [5.41, 5.74) is 7.61. The van der Waals surface area contributed by atoms with Gasteiger partial charge in [0.25, 0.3) is 0 Å². The summed E-state index contributed by atoms with van der Waals surface area (Å²) < 4.78 is 46.9. The lowest BCUT2D eigenvalue weighted by molar-refractivity contribution is -0.187. The Hall–Kier alpha value is -9.79. The number of phenolic OH excluding ortho intramolecular Hbond substituents is 1. The number of unbranched alkanes of at least 4 members (excludes halogenated alkanes) is 1. The van der Waals surface area contributed by atoms with E-state index in [0.717, 1.165) is 26.9 Å². The van der Waals surface area contributed by atoms with E-state index < -0.39 is 161 Å². The summed E-state index contributed by atoms with van der Waals surface area (Å²) in [7, 11) is 10.2. The number of allylic oxidation sites excluding steroid dienone is 3. The van der Waals surface area contributed by atoms with Crippen LogP contribution in [0.2, 0.25) is 5.02 Å². The van der Waals surface area contributed by atoms with Gasteiger partial charge in [-0.3, -0.25) is 52.7 Å². The Kier molecular flexibility index (Phi) is 41.9. The molecule has 3 fully saturated rings. The van der Waals surface area contributed by atoms with Crippen molar-refractivity contribution in [2.24, 2.45) is 23.5 Å². The van der Waals surface area contributed by atoms with E-state index in [1.54, 1.807) is 93.8 Å². The van der Waals surface area contributed by atoms with Gasteiger partial charge < -0.3 is 105 Å². The molecule has 0 aliphatic carbocycles. The Bertz CT molecular complexity index is 4790. The van der Waals surface area contributed by atoms with Gasteiger partial charge in [-0.15, -0.1) is 0 Å². The SMILES string of the molecule is COc1cc2cc(c1Cl)N(C)C(=O)C[C@H](OC(=O)[C@H](C)N(C)C(=O)CCSSCCC(=O)NCCCOCCOCCOCCCNC(=O)CC[C@H]1C(=O)C[C@@H](Cc3ccc(O)cc3)C(=O)N[C@H](Cc3c[nH]c4ccccc34)C(=O)C[C@@H](CCCCN)C(=O)N[C@@H]([C@@H](C)O)C(=O)N[C@@H](Cc3ccccc3)C(=O)N1C)[C@]1(C)O[C@H]1[C@H](C)[C@@H]1C[C@@](O)(CC(=O)O1)[C@H](OC)/C=C/C=C(\C)C2. The number of epoxide rings is 1. The third-order valence-electron chi connectivity index (χ3n) is 24.7. The number of benzene rings is 4. The second-order valence-corrected chi connectivity index (χ2v) is 37.7. The molecule has 722 valence electrons. The number of fused-ring (bicyclic) bond motifs is 6. The summed E-state index contributed by atoms with van der Waals surface area (Å²) in [6.07, 6.45) is 2.42. The highest BCUT2D eigenvalue weighted by atomic mass is 35.5. The minimum Gasteiger partial charge on any atom is -0.508 e. The number of ether oxygens (including phenoxy) is 8. The van der Waals surface area contributed by atoms with Crippen molar-refractivity contribution in [3.63, 3.8) is 0 Å². The van der Waals surface area contributed by atoms with E-state index in [9.17, 15) is 58.5 Å². The fourth-order valence-electron chi connectivity index (χ4n) is 16.6. The van der Waals surface area contributed by atoms with Gasteiger partial charge in [0.2, 0.25) is 47.3 Å². The summed E-state index contributed by atoms with van der Waals surface area (Å²) in [6, 6.07) is 19.1. The second kappa shape index (κ2) is 52.2. The number of para-hydroxylation sites is 1. The number of aliphatic hydroxyl groups is 2. The molecule has 15 atom stereocenters. The third-order valence-corrected chi connectivity index (χ3v) is 27.4. The topological polar surface area (TPSA) is 454 Å². The number of amides is 8. The molecule has 4 aromatic carbocycles. The Morgan fingerprint density at radius 1 is 0.735 bits per heavy atom. The number of rotatable bonds is 40. The number of methoxy groups -OCH3 is 2. The van der Waals surface area contributed by atoms with Gasteiger partial charge in [-0.1, -0.05) is 131 Å². The molecule has 5 heterocycles. The van der Waals surface area contributed by atoms with Crippen LogP contribution in [0.1, 0.15) is 147 Å². The van der Waals surface area contributed by atoms with Crippen LogP contribution in [0.3, 0.4) is 0 Å². The van der Waals surface area contributed by atoms with Gasteiger partial charge in [0.05, 0.1) is 76.4 Å². The lowest BCUT2D eigenvalue weighted by Crippen LogP contribution is -2.59. The first-order valence-electron chi connectivity index (χ1n) is 45.2. The fraction of sp³-hybridized carbons (Fsp3) is 0.562. The number of H-pyrrole nitrogens is 1. The van der Waals surface area contributed by atoms with E-state index in [1.807, 2.05) is 37.3 Å². The van der Waals surface area contributed by atoms with Crippen LogP contribution >= 0.6 is 33.2 Å². The predicted molar refractivity (Wildman–Crippen MR) is 500 cm³/mol. The number of Topliss-reactive ketones (excluding diaryl/α,β-unsaturated/α-hetero) is 2. The molecule has 8 amide bonds. The Morgan fingerprint density at radius 2 is 1.36 bits per heavy atom. The van der Waals surface area contributed by atoms with E-state index in [-0.39, 0.29) is 126 Å². The van der Waals surface area contributed by atoms with Gasteiger partial charge in [0.1, 0.15) is 64.2 Å². The van der Waals surface area contributed by atoms with Crippen molar-refractivity contribution in [3.05, 3.63) is 148 Å². The summed E-state index contributed by atoms with van der Waals surface area (Å²) in [6.45, 7) is 10.9. The number of nitrogens with one attached hydrogen (secondary N) is 6. The molecule has 4 bridgehead atoms. The molecule has 3 saturated heterocycles. The fourth-order valence-corrected chi connectivity index (χ4v) is 18.9. The largest absolute Gasteiger partial charge is 0.508 e. The van der Waals surface area contributed by atoms with Crippen LogP contribution in [-0.4, -0.2) is 279 Å². The monoisotopic (exact) mass is 1890 g/mol. The van der Waals surface area contributed by atoms with Gasteiger partial charge in [-0.25, -0.2) is 4.79 Å². The van der Waals surface area contributed by atoms with E-state index in [1.165, 1.54) is 85.7 Å². The van der Waals surface area contributed by atoms with Crippen LogP contribution in [0.15, 0.2) is 121 Å². The molecule has 9 rings (SSSR count). The number of ketones is 2. The molecule has 0 spiro atoms. The number of hydrogen-bond acceptors (Lipinski definition) is 26. The molecule has 36 heteroatoms. The first-order valence-corrected chi connectivity index (χ1v) is 48.1. The van der Waals surface area contributed by atoms with Gasteiger partial charge in [-0.05, 0) is 132 Å². The predicted octanol–water partition coefficient (Wildman–Crippen LogP) is 7.64. The van der Waals surface area contributed by atoms with Crippen LogP contribution in [0, 0.1) is 17.8 Å². The summed E-state index contributed by atoms with van der Waals surface area (Å²) in [4.78, 5) is 179. The number of halogens is 1. The number of aromatic nitrogens is 1. The quantitative estimate of drug-likeness (QED) is 0.00779. The van der Waals surface area contributed by atoms with Crippen molar-refractivity contribution in [2.75, 3.05) is 111 Å². The number of anilines is 1. The van der Waals surface area contributed by atoms with Gasteiger partial charge in [-0.2, -0.15) is 0 Å². The zero-order chi connectivity index (χ0) is 95.8. The van der Waals surface area contributed by atoms with Crippen molar-refractivity contribution in [3.8, 4) is 11.5 Å². The highest BCUT2D eigenvalue weighted by Crippen LogP contribution is 2.50. The highest BCUT2D eigenvalue weighted by molar-refractivity contribution is 8.76. The number of aromatic amines is 1. The number of aliphatic hydroxyl groups excluding tert-OH is 1. The summed E-state index contributed by atoms with van der Waals surface area (Å²) in [5, 5.41) is 48.6. The van der Waals surface area contributed by atoms with E-state index in [4.69, 9.17) is 55.2 Å². The van der Waals surface area contributed by atoms with E-state index in [0.29, 0.717) is 98.0 Å². The molecule has 132 heavy (non-hydrogen) atoms. The van der Waals surface area contributed by atoms with Crippen LogP contribution in [0.25, 0.3) is 10.9 Å². The average Bonchev–Trinajstić information content (AvgIpc) is 1.57. The number of nitrogens with zero attached hydrogens (tertiary/aromatic N) is 3. The van der Waals surface area contributed by atoms with Crippen LogP contribution in [0.4, 0.5) is 5.69 Å². The van der Waals surface area contributed by atoms with E-state index >= 15 is 14.4 Å². The van der Waals surface area contributed by atoms with Gasteiger partial charge in [0, 0.05) is 152 Å². The zero-order valence-electron chi connectivity index (χ0n) is 77.1. The van der Waals surface area contributed by atoms with Gasteiger partial charge in [0.15, 0.2) is 11.6 Å². The van der Waals surface area contributed by atoms with Crippen molar-refractivity contribution in [1.29, 1.82) is 0 Å². The number of carbonyl (C=O) groups is 12. The van der Waals surface area contributed by atoms with Crippen molar-refractivity contribution < 1.29 is 111 Å². The number of nitrogens with two attached hydrogens (primary N) is 1. The van der Waals surface area contributed by atoms with Crippen LogP contribution in [0.5, 0.6) is 11.5 Å². The highest BCUT2D eigenvalue weighted by Gasteiger charge is 2.65. The maximum Gasteiger partial charge on any atom is 0.328 e. The minimum atomic E-state index is -1.64. The molecular weight excluding hydrogens is 1760 g/mol. The first kappa shape index (κ1) is 106. The average molecular weight is 1890 g/mol. The number of carbonyl (C=O) groups excluding carboxylic acids is 12. The lowest BCUT2D eigenvalue weighted by atomic mass is 9.78. The van der Waals surface area contributed by atoms with E-state index in [2.05, 4.69) is 31.6 Å². The number of phenols is 1. The smallest absolute Gasteiger partial charge is 0.328 e. The second-order valence-electron chi connectivity index (χ2n) is 34.6. The van der Waals surface area contributed by atoms with Crippen LogP contribution < -0.4 is 42.0 Å². The van der Waals surface area contributed by atoms with Crippen molar-refractivity contribution >= 4 is 121 Å². The number of hydrogen-bond donors (Lipinski definition) is 10. The molecule has 0 unspecified atom stereocenters. The Labute approximate surface area is 784 Å². The normalized spacial score (nSPS) is 25.0. The zero-order valence-corrected chi connectivity index (χ0v) is 79.5. The molecule has 4 aliphatic heterocycles. The lowest BCUT2D eigenvalue weighted by Gasteiger charge is -2.41. The minimum absolute atomic E-state index is 0.00393. The molecule has 5 aromatic rings. The molecule has 33 nitrogen and oxygen atoms in total. The Morgan fingerprint density at radius 3 is 2.03 bits per heavy atom. The number of esters is 2. The molecule has 0 saturated carbocycles. The molecular formula is C96H131ClN10O23S2. The number of likely N-dealkylation sites (N-methyl/N-ethyl adjacent to an activating group) is 2. The maximum absolute atomic E-state index is 15.3. The standard InChI is InChI=1S/C96H131ClN10O23S2/c1-59-21-18-27-80(124-10)96(122)56-79(128-86(116)57-96)60(2)89-95(5,130-89)81(55-85(115)106(7)75-50-65(47-59)51-78(123-9)87(75)97)129-94(121)61(3)105(6)84(114)35-46-132-131-45-34-83(113)100-38-20-40-126-42-44-127-43-41-125-39-19-37-99-82(112)33-32-74-77(111)54-67(48-64-28-30-69(109)31-29-64)91(118)102-72(52-68-58-101-71-26-15-14-25-70(68)71)76(110)53-66(24-16-17-36-98)90(117)104-88(62(4)108)92(119)103-73(93(120)107(74)8)49-63-22-12-11-13-23-63/h11-15,18,21-23,25-31,50-51,58,60-62,66-67,72-74,79-81,88-89,101,108-109,122H,16-17,19-20,24,32-49,52-57,98H2,1-10H3,(H,99,112)(H,100,113)(H,102,118)(H,103,119)(H,104,117)/b27-18+,59-21+/t60-,61+,62-,66-,67-,72-,73+,74+,79+,80-,81+,88+,89+,95+,96-/m1/s1. The molecule has 11 N–H and O–H groups in total. The van der Waals surface area contributed by atoms with Crippen LogP contribution in [-0.2, 0) is 116 Å². The molecule has 4 aliphatic rings. The summed E-state index contributed by atoms with van der Waals surface area (Å²) >= 11 is 6.87. The van der Waals surface area contributed by atoms with Crippen molar-refractivity contribution in [2.45, 2.75) is 222 Å². The summed E-state index contributed by atoms with van der Waals surface area (Å²) in [5.74, 6) is -8.67. The Balaban J connectivity index is 0.688. The third kappa shape index (κ3) is 31.1. The molecule has 1 aromatic heterocycles. The van der Waals surface area contributed by atoms with Gasteiger partial charge >= 0.3 is 11.9 Å². The first-order chi connectivity index (χ1) is 63.1.